The van der Waals surface area contributed by atoms with Crippen LogP contribution in [0.1, 0.15) is 35.1 Å². The molecule has 6 heteroatoms. The lowest BCUT2D eigenvalue weighted by atomic mass is 9.97. The lowest BCUT2D eigenvalue weighted by Crippen LogP contribution is -2.48. The molecule has 0 atom stereocenters. The predicted molar refractivity (Wildman–Crippen MR) is 92.9 cm³/mol. The van der Waals surface area contributed by atoms with Crippen LogP contribution in [0.25, 0.3) is 0 Å². The summed E-state index contributed by atoms with van der Waals surface area (Å²) in [4.78, 5) is 19.0. The van der Waals surface area contributed by atoms with Gasteiger partial charge >= 0.3 is 0 Å². The van der Waals surface area contributed by atoms with Crippen LogP contribution in [0, 0.1) is 11.3 Å². The molecule has 0 unspecified atom stereocenters. The van der Waals surface area contributed by atoms with Gasteiger partial charge < -0.3 is 10.2 Å². The largest absolute Gasteiger partial charge is 0.323 e. The molecule has 1 fully saturated rings. The van der Waals surface area contributed by atoms with Gasteiger partial charge in [0.2, 0.25) is 5.91 Å². The minimum absolute atomic E-state index is 0.0117. The van der Waals surface area contributed by atoms with E-state index in [0.717, 1.165) is 57.7 Å². The van der Waals surface area contributed by atoms with Crippen molar-refractivity contribution in [2.45, 2.75) is 32.6 Å². The molecule has 0 aromatic carbocycles. The molecule has 0 spiro atoms. The SMILES string of the molecule is CCN1CCN(CC(=O)Nc2c(C#N)sc3c2CCCC3)CC1. The van der Waals surface area contributed by atoms with E-state index in [1.807, 2.05) is 0 Å². The number of thiophene rings is 1. The zero-order chi connectivity index (χ0) is 16.2. The summed E-state index contributed by atoms with van der Waals surface area (Å²) in [6.45, 7) is 7.61. The number of aryl methyl sites for hydroxylation is 1. The van der Waals surface area contributed by atoms with Crippen LogP contribution >= 0.6 is 11.3 Å². The van der Waals surface area contributed by atoms with Crippen LogP contribution in [-0.2, 0) is 17.6 Å². The molecule has 1 aromatic rings. The van der Waals surface area contributed by atoms with E-state index in [4.69, 9.17) is 0 Å². The van der Waals surface area contributed by atoms with Crippen LogP contribution in [-0.4, -0.2) is 55.0 Å². The number of fused-ring (bicyclic) bond motifs is 1. The van der Waals surface area contributed by atoms with Crippen molar-refractivity contribution in [3.8, 4) is 6.07 Å². The molecule has 1 amide bonds. The third-order valence-electron chi connectivity index (χ3n) is 4.82. The molecule has 5 nitrogen and oxygen atoms in total. The van der Waals surface area contributed by atoms with Gasteiger partial charge in [-0.2, -0.15) is 5.26 Å². The number of hydrogen-bond donors (Lipinski definition) is 1. The van der Waals surface area contributed by atoms with E-state index < -0.39 is 0 Å². The fraction of sp³-hybridized carbons (Fsp3) is 0.647. The van der Waals surface area contributed by atoms with Crippen molar-refractivity contribution < 1.29 is 4.79 Å². The molecular weight excluding hydrogens is 308 g/mol. The van der Waals surface area contributed by atoms with Crippen molar-refractivity contribution in [3.63, 3.8) is 0 Å². The molecule has 124 valence electrons. The Bertz CT molecular complexity index is 611. The number of piperazine rings is 1. The molecule has 0 bridgehead atoms. The molecule has 3 rings (SSSR count). The third kappa shape index (κ3) is 3.74. The number of nitrogens with one attached hydrogen (secondary N) is 1. The summed E-state index contributed by atoms with van der Waals surface area (Å²) in [5, 5.41) is 12.4. The predicted octanol–water partition coefficient (Wildman–Crippen LogP) is 2.07. The van der Waals surface area contributed by atoms with Gasteiger partial charge in [-0.25, -0.2) is 0 Å². The van der Waals surface area contributed by atoms with E-state index in [2.05, 4.69) is 28.1 Å². The monoisotopic (exact) mass is 332 g/mol. The van der Waals surface area contributed by atoms with Crippen LogP contribution in [0.5, 0.6) is 0 Å². The maximum absolute atomic E-state index is 12.4. The highest BCUT2D eigenvalue weighted by Crippen LogP contribution is 2.37. The van der Waals surface area contributed by atoms with Gasteiger partial charge in [-0.3, -0.25) is 9.69 Å². The fourth-order valence-electron chi connectivity index (χ4n) is 3.42. The van der Waals surface area contributed by atoms with E-state index in [0.29, 0.717) is 11.4 Å². The van der Waals surface area contributed by atoms with Gasteiger partial charge in [0, 0.05) is 31.1 Å². The first-order valence-electron chi connectivity index (χ1n) is 8.50. The number of nitriles is 1. The topological polar surface area (TPSA) is 59.4 Å². The van der Waals surface area contributed by atoms with Crippen molar-refractivity contribution in [1.29, 1.82) is 5.26 Å². The van der Waals surface area contributed by atoms with Crippen molar-refractivity contribution in [1.82, 2.24) is 9.80 Å². The Balaban J connectivity index is 1.62. The Morgan fingerprint density at radius 3 is 2.61 bits per heavy atom. The number of hydrogen-bond acceptors (Lipinski definition) is 5. The van der Waals surface area contributed by atoms with E-state index in [1.54, 1.807) is 11.3 Å². The summed E-state index contributed by atoms with van der Waals surface area (Å²) in [5.41, 5.74) is 2.01. The van der Waals surface area contributed by atoms with E-state index >= 15 is 0 Å². The molecule has 1 N–H and O–H groups in total. The summed E-state index contributed by atoms with van der Waals surface area (Å²) in [7, 11) is 0. The summed E-state index contributed by atoms with van der Waals surface area (Å²) >= 11 is 1.56. The summed E-state index contributed by atoms with van der Waals surface area (Å²) in [6.07, 6.45) is 4.37. The van der Waals surface area contributed by atoms with Crippen molar-refractivity contribution in [2.24, 2.45) is 0 Å². The third-order valence-corrected chi connectivity index (χ3v) is 6.01. The maximum atomic E-state index is 12.4. The summed E-state index contributed by atoms with van der Waals surface area (Å²) < 4.78 is 0. The highest BCUT2D eigenvalue weighted by molar-refractivity contribution is 7.13. The van der Waals surface area contributed by atoms with Gasteiger partial charge in [-0.1, -0.05) is 6.92 Å². The number of anilines is 1. The van der Waals surface area contributed by atoms with E-state index in [9.17, 15) is 10.1 Å². The second kappa shape index (κ2) is 7.43. The lowest BCUT2D eigenvalue weighted by Gasteiger charge is -2.33. The number of carbonyl (C=O) groups is 1. The lowest BCUT2D eigenvalue weighted by molar-refractivity contribution is -0.117. The molecule has 23 heavy (non-hydrogen) atoms. The average molecular weight is 332 g/mol. The average Bonchev–Trinajstić information content (AvgIpc) is 2.93. The van der Waals surface area contributed by atoms with Crippen molar-refractivity contribution in [3.05, 3.63) is 15.3 Å². The van der Waals surface area contributed by atoms with Crippen LogP contribution < -0.4 is 5.32 Å². The molecule has 2 aliphatic rings. The first-order valence-corrected chi connectivity index (χ1v) is 9.32. The van der Waals surface area contributed by atoms with E-state index in [-0.39, 0.29) is 5.91 Å². The molecular formula is C17H24N4OS. The number of amides is 1. The molecule has 0 radical (unpaired) electrons. The summed E-state index contributed by atoms with van der Waals surface area (Å²) in [6, 6.07) is 2.26. The number of nitrogens with zero attached hydrogens (tertiary/aromatic N) is 3. The van der Waals surface area contributed by atoms with Crippen LogP contribution in [0.15, 0.2) is 0 Å². The smallest absolute Gasteiger partial charge is 0.238 e. The summed E-state index contributed by atoms with van der Waals surface area (Å²) in [5.74, 6) is 0.0117. The number of likely N-dealkylation sites (N-methyl/N-ethyl adjacent to an activating group) is 1. The quantitative estimate of drug-likeness (QED) is 0.917. The highest BCUT2D eigenvalue weighted by Gasteiger charge is 2.23. The second-order valence-corrected chi connectivity index (χ2v) is 7.39. The molecule has 1 aromatic heterocycles. The highest BCUT2D eigenvalue weighted by atomic mass is 32.1. The minimum Gasteiger partial charge on any atom is -0.323 e. The zero-order valence-corrected chi connectivity index (χ0v) is 14.5. The van der Waals surface area contributed by atoms with Crippen LogP contribution in [0.4, 0.5) is 5.69 Å². The van der Waals surface area contributed by atoms with E-state index in [1.165, 1.54) is 16.9 Å². The van der Waals surface area contributed by atoms with Crippen molar-refractivity contribution in [2.75, 3.05) is 44.6 Å². The van der Waals surface area contributed by atoms with Gasteiger partial charge in [0.1, 0.15) is 10.9 Å². The molecule has 1 aliphatic heterocycles. The molecule has 0 saturated carbocycles. The first-order chi connectivity index (χ1) is 11.2. The first kappa shape index (κ1) is 16.4. The Morgan fingerprint density at radius 1 is 1.22 bits per heavy atom. The zero-order valence-electron chi connectivity index (χ0n) is 13.7. The molecule has 1 saturated heterocycles. The number of carbonyl (C=O) groups excluding carboxylic acids is 1. The van der Waals surface area contributed by atoms with Gasteiger partial charge in [0.05, 0.1) is 12.2 Å². The Labute approximate surface area is 141 Å². The molecule has 2 heterocycles. The standard InChI is InChI=1S/C17H24N4OS/c1-2-20-7-9-21(10-8-20)12-16(22)19-17-13-5-3-4-6-14(13)23-15(17)11-18/h2-10,12H2,1H3,(H,19,22). The van der Waals surface area contributed by atoms with Gasteiger partial charge in [-0.05, 0) is 37.8 Å². The Hall–Kier alpha value is -1.42. The maximum Gasteiger partial charge on any atom is 0.238 e. The Morgan fingerprint density at radius 2 is 1.91 bits per heavy atom. The minimum atomic E-state index is 0.0117. The Kier molecular flexibility index (Phi) is 5.31. The normalized spacial score (nSPS) is 19.1. The van der Waals surface area contributed by atoms with Gasteiger partial charge in [0.15, 0.2) is 0 Å². The molecule has 1 aliphatic carbocycles. The fourth-order valence-corrected chi connectivity index (χ4v) is 4.56. The van der Waals surface area contributed by atoms with Crippen LogP contribution in [0.2, 0.25) is 0 Å². The van der Waals surface area contributed by atoms with Crippen LogP contribution in [0.3, 0.4) is 0 Å². The number of rotatable bonds is 4. The van der Waals surface area contributed by atoms with Crippen molar-refractivity contribution >= 4 is 22.9 Å². The van der Waals surface area contributed by atoms with Gasteiger partial charge in [0.25, 0.3) is 0 Å². The second-order valence-electron chi connectivity index (χ2n) is 6.29. The van der Waals surface area contributed by atoms with Gasteiger partial charge in [-0.15, -0.1) is 11.3 Å².